The van der Waals surface area contributed by atoms with Crippen LogP contribution in [0.5, 0.6) is 5.75 Å². The van der Waals surface area contributed by atoms with Crippen LogP contribution in [-0.4, -0.2) is 12.2 Å². The van der Waals surface area contributed by atoms with Crippen LogP contribution in [0.1, 0.15) is 22.8 Å². The van der Waals surface area contributed by atoms with Crippen molar-refractivity contribution >= 4 is 22.6 Å². The molecular weight excluding hydrogens is 370 g/mol. The zero-order valence-corrected chi connectivity index (χ0v) is 13.5. The van der Waals surface area contributed by atoms with Crippen LogP contribution in [0.25, 0.3) is 0 Å². The van der Waals surface area contributed by atoms with E-state index in [0.717, 1.165) is 20.3 Å². The first-order chi connectivity index (χ1) is 9.52. The summed E-state index contributed by atoms with van der Waals surface area (Å²) in [6.07, 6.45) is -0.269. The first-order valence-electron chi connectivity index (χ1n) is 6.28. The molecular formula is C16H16FIO2. The maximum absolute atomic E-state index is 13.6. The minimum absolute atomic E-state index is 0.216. The van der Waals surface area contributed by atoms with E-state index in [1.165, 1.54) is 13.2 Å². The average Bonchev–Trinajstić information content (AvgIpc) is 2.42. The first kappa shape index (κ1) is 15.3. The second-order valence-corrected chi connectivity index (χ2v) is 5.75. The minimum atomic E-state index is -0.644. The van der Waals surface area contributed by atoms with E-state index in [-0.39, 0.29) is 5.75 Å². The predicted molar refractivity (Wildman–Crippen MR) is 85.5 cm³/mol. The second kappa shape index (κ2) is 6.54. The van der Waals surface area contributed by atoms with Crippen molar-refractivity contribution in [3.8, 4) is 5.75 Å². The number of rotatable bonds is 4. The summed E-state index contributed by atoms with van der Waals surface area (Å²) in [6.45, 7) is 2.01. The van der Waals surface area contributed by atoms with Crippen molar-refractivity contribution in [2.75, 3.05) is 7.11 Å². The Hall–Kier alpha value is -1.14. The van der Waals surface area contributed by atoms with Gasteiger partial charge in [-0.15, -0.1) is 0 Å². The summed E-state index contributed by atoms with van der Waals surface area (Å²) in [5.74, 6) is -0.190. The molecule has 0 aliphatic rings. The van der Waals surface area contributed by atoms with Gasteiger partial charge in [-0.1, -0.05) is 24.3 Å². The number of hydrogen-bond acceptors (Lipinski definition) is 2. The molecule has 0 amide bonds. The standard InChI is InChI=1S/C16H16FIO2/c1-10-4-3-5-12(16(10)18)14(19)9-11-6-7-15(20-2)13(17)8-11/h3-8,14,19H,9H2,1-2H3. The maximum atomic E-state index is 13.6. The number of aliphatic hydroxyl groups excluding tert-OH is 1. The molecule has 0 saturated carbocycles. The highest BCUT2D eigenvalue weighted by Gasteiger charge is 2.14. The molecule has 2 rings (SSSR count). The van der Waals surface area contributed by atoms with Crippen molar-refractivity contribution in [3.05, 3.63) is 62.5 Å². The third kappa shape index (κ3) is 3.30. The fraction of sp³-hybridized carbons (Fsp3) is 0.250. The smallest absolute Gasteiger partial charge is 0.165 e. The molecule has 1 N–H and O–H groups in total. The number of ether oxygens (including phenoxy) is 1. The lowest BCUT2D eigenvalue weighted by Gasteiger charge is -2.15. The van der Waals surface area contributed by atoms with Gasteiger partial charge in [-0.2, -0.15) is 0 Å². The van der Waals surface area contributed by atoms with Gasteiger partial charge in [-0.3, -0.25) is 0 Å². The van der Waals surface area contributed by atoms with Crippen LogP contribution in [0.4, 0.5) is 4.39 Å². The third-order valence-electron chi connectivity index (χ3n) is 3.23. The van der Waals surface area contributed by atoms with Gasteiger partial charge >= 0.3 is 0 Å². The van der Waals surface area contributed by atoms with Crippen LogP contribution in [0.2, 0.25) is 0 Å². The molecule has 2 aromatic rings. The summed E-state index contributed by atoms with van der Waals surface area (Å²) >= 11 is 2.23. The number of methoxy groups -OCH3 is 1. The summed E-state index contributed by atoms with van der Waals surface area (Å²) in [7, 11) is 1.43. The highest BCUT2D eigenvalue weighted by molar-refractivity contribution is 14.1. The van der Waals surface area contributed by atoms with Crippen molar-refractivity contribution in [2.45, 2.75) is 19.4 Å². The van der Waals surface area contributed by atoms with Crippen LogP contribution in [0.3, 0.4) is 0 Å². The molecule has 2 aromatic carbocycles. The van der Waals surface area contributed by atoms with Crippen LogP contribution in [0, 0.1) is 16.3 Å². The van der Waals surface area contributed by atoms with Gasteiger partial charge in [0.25, 0.3) is 0 Å². The predicted octanol–water partition coefficient (Wildman–Crippen LogP) is 4.02. The zero-order valence-electron chi connectivity index (χ0n) is 11.4. The molecule has 0 radical (unpaired) electrons. The SMILES string of the molecule is COc1ccc(CC(O)c2cccc(C)c2I)cc1F. The van der Waals surface area contributed by atoms with E-state index in [9.17, 15) is 9.50 Å². The number of hydrogen-bond donors (Lipinski definition) is 1. The van der Waals surface area contributed by atoms with Gasteiger partial charge in [0.15, 0.2) is 11.6 Å². The fourth-order valence-corrected chi connectivity index (χ4v) is 2.82. The lowest BCUT2D eigenvalue weighted by atomic mass is 10.00. The van der Waals surface area contributed by atoms with Gasteiger partial charge in [-0.25, -0.2) is 4.39 Å². The zero-order chi connectivity index (χ0) is 14.7. The van der Waals surface area contributed by atoms with Crippen molar-refractivity contribution in [2.24, 2.45) is 0 Å². The highest BCUT2D eigenvalue weighted by atomic mass is 127. The number of benzene rings is 2. The van der Waals surface area contributed by atoms with Gasteiger partial charge in [-0.05, 0) is 58.3 Å². The largest absolute Gasteiger partial charge is 0.494 e. The Morgan fingerprint density at radius 2 is 2.05 bits per heavy atom. The van der Waals surface area contributed by atoms with E-state index in [2.05, 4.69) is 22.6 Å². The Bertz CT molecular complexity index is 613. The third-order valence-corrected chi connectivity index (χ3v) is 4.70. The molecule has 0 aliphatic heterocycles. The van der Waals surface area contributed by atoms with Crippen LogP contribution in [-0.2, 0) is 6.42 Å². The summed E-state index contributed by atoms with van der Waals surface area (Å²) < 4.78 is 19.6. The molecule has 106 valence electrons. The lowest BCUT2D eigenvalue weighted by Crippen LogP contribution is -2.05. The molecule has 1 atom stereocenters. The molecule has 0 saturated heterocycles. The molecule has 0 bridgehead atoms. The van der Waals surface area contributed by atoms with Gasteiger partial charge < -0.3 is 9.84 Å². The van der Waals surface area contributed by atoms with Crippen molar-refractivity contribution in [3.63, 3.8) is 0 Å². The Kier molecular flexibility index (Phi) is 4.99. The van der Waals surface area contributed by atoms with Crippen LogP contribution >= 0.6 is 22.6 Å². The molecule has 4 heteroatoms. The summed E-state index contributed by atoms with van der Waals surface area (Å²) in [5, 5.41) is 10.3. The Morgan fingerprint density at radius 1 is 1.30 bits per heavy atom. The van der Waals surface area contributed by atoms with E-state index in [4.69, 9.17) is 4.74 Å². The second-order valence-electron chi connectivity index (χ2n) is 4.67. The van der Waals surface area contributed by atoms with Gasteiger partial charge in [0.05, 0.1) is 13.2 Å². The summed E-state index contributed by atoms with van der Waals surface area (Å²) in [4.78, 5) is 0. The molecule has 2 nitrogen and oxygen atoms in total. The Morgan fingerprint density at radius 3 is 2.70 bits per heavy atom. The van der Waals surface area contributed by atoms with E-state index in [1.54, 1.807) is 12.1 Å². The molecule has 20 heavy (non-hydrogen) atoms. The van der Waals surface area contributed by atoms with E-state index >= 15 is 0 Å². The monoisotopic (exact) mass is 386 g/mol. The summed E-state index contributed by atoms with van der Waals surface area (Å²) in [6, 6.07) is 10.6. The number of aliphatic hydroxyl groups is 1. The number of halogens is 2. The Labute approximate surface area is 131 Å². The quantitative estimate of drug-likeness (QED) is 0.805. The molecule has 0 fully saturated rings. The molecule has 0 aliphatic carbocycles. The first-order valence-corrected chi connectivity index (χ1v) is 7.36. The van der Waals surface area contributed by atoms with Gasteiger partial charge in [0, 0.05) is 9.99 Å². The van der Waals surface area contributed by atoms with E-state index < -0.39 is 11.9 Å². The van der Waals surface area contributed by atoms with Crippen molar-refractivity contribution < 1.29 is 14.2 Å². The lowest BCUT2D eigenvalue weighted by molar-refractivity contribution is 0.177. The summed E-state index contributed by atoms with van der Waals surface area (Å²) in [5.41, 5.74) is 2.75. The maximum Gasteiger partial charge on any atom is 0.165 e. The molecule has 1 unspecified atom stereocenters. The van der Waals surface area contributed by atoms with Crippen molar-refractivity contribution in [1.29, 1.82) is 0 Å². The average molecular weight is 386 g/mol. The van der Waals surface area contributed by atoms with Crippen molar-refractivity contribution in [1.82, 2.24) is 0 Å². The van der Waals surface area contributed by atoms with E-state index in [1.807, 2.05) is 25.1 Å². The molecule has 0 aromatic heterocycles. The topological polar surface area (TPSA) is 29.5 Å². The molecule has 0 spiro atoms. The highest BCUT2D eigenvalue weighted by Crippen LogP contribution is 2.27. The number of aryl methyl sites for hydroxylation is 1. The normalized spacial score (nSPS) is 12.2. The fourth-order valence-electron chi connectivity index (χ4n) is 2.10. The van der Waals surface area contributed by atoms with Gasteiger partial charge in [0.2, 0.25) is 0 Å². The molecule has 0 heterocycles. The minimum Gasteiger partial charge on any atom is -0.494 e. The van der Waals surface area contributed by atoms with E-state index in [0.29, 0.717) is 6.42 Å². The van der Waals surface area contributed by atoms with Crippen LogP contribution in [0.15, 0.2) is 36.4 Å². The van der Waals surface area contributed by atoms with Gasteiger partial charge in [0.1, 0.15) is 0 Å². The Balaban J connectivity index is 2.21. The van der Waals surface area contributed by atoms with Crippen LogP contribution < -0.4 is 4.74 Å².